The third-order valence-corrected chi connectivity index (χ3v) is 2.56. The number of hydrogen-bond acceptors (Lipinski definition) is 3. The smallest absolute Gasteiger partial charge is 0.0593 e. The van der Waals surface area contributed by atoms with Crippen LogP contribution in [0, 0.1) is 0 Å². The van der Waals surface area contributed by atoms with Crippen LogP contribution in [0.3, 0.4) is 0 Å². The van der Waals surface area contributed by atoms with E-state index in [4.69, 9.17) is 4.74 Å². The van der Waals surface area contributed by atoms with Crippen LogP contribution in [0.25, 0.3) is 0 Å². The topological polar surface area (TPSA) is 24.5 Å². The molecule has 15 heavy (non-hydrogen) atoms. The lowest BCUT2D eigenvalue weighted by Gasteiger charge is -2.20. The molecule has 0 aromatic rings. The first-order valence-corrected chi connectivity index (χ1v) is 6.00. The van der Waals surface area contributed by atoms with Crippen LogP contribution in [0.1, 0.15) is 19.8 Å². The number of rotatable bonds is 6. The van der Waals surface area contributed by atoms with Gasteiger partial charge in [0.05, 0.1) is 6.61 Å². The minimum Gasteiger partial charge on any atom is -0.380 e. The molecule has 1 aliphatic rings. The highest BCUT2D eigenvalue weighted by Crippen LogP contribution is 2.02. The fraction of sp³-hybridized carbons (Fsp3) is 0.833. The minimum absolute atomic E-state index is 0.871. The largest absolute Gasteiger partial charge is 0.380 e. The summed E-state index contributed by atoms with van der Waals surface area (Å²) in [6.07, 6.45) is 2.33. The monoisotopic (exact) mass is 212 g/mol. The SMILES string of the molecule is C=C(CNCCC)CN1CCCOCC1. The number of nitrogens with zero attached hydrogens (tertiary/aromatic N) is 1. The fourth-order valence-electron chi connectivity index (χ4n) is 1.77. The molecule has 0 bridgehead atoms. The average Bonchev–Trinajstić information content (AvgIpc) is 2.47. The van der Waals surface area contributed by atoms with Crippen LogP contribution < -0.4 is 5.32 Å². The van der Waals surface area contributed by atoms with Crippen molar-refractivity contribution in [2.24, 2.45) is 0 Å². The Morgan fingerprint density at radius 1 is 1.40 bits per heavy atom. The van der Waals surface area contributed by atoms with Crippen LogP contribution in [0.2, 0.25) is 0 Å². The Balaban J connectivity index is 2.12. The summed E-state index contributed by atoms with van der Waals surface area (Å²) in [5.74, 6) is 0. The molecule has 0 spiro atoms. The molecule has 88 valence electrons. The molecule has 1 fully saturated rings. The lowest BCUT2D eigenvalue weighted by molar-refractivity contribution is 0.142. The molecule has 1 heterocycles. The summed E-state index contributed by atoms with van der Waals surface area (Å²) in [4.78, 5) is 2.43. The van der Waals surface area contributed by atoms with Gasteiger partial charge in [0, 0.05) is 32.8 Å². The standard InChI is InChI=1S/C12H24N2O/c1-3-5-13-10-12(2)11-14-6-4-8-15-9-7-14/h13H,2-11H2,1H3. The Labute approximate surface area is 93.5 Å². The molecule has 0 unspecified atom stereocenters. The summed E-state index contributed by atoms with van der Waals surface area (Å²) in [5, 5.41) is 3.38. The second-order valence-electron chi connectivity index (χ2n) is 4.17. The first-order valence-electron chi connectivity index (χ1n) is 6.00. The van der Waals surface area contributed by atoms with Crippen molar-refractivity contribution >= 4 is 0 Å². The molecule has 0 atom stereocenters. The Kier molecular flexibility index (Phi) is 6.64. The van der Waals surface area contributed by atoms with Gasteiger partial charge in [0.2, 0.25) is 0 Å². The summed E-state index contributed by atoms with van der Waals surface area (Å²) < 4.78 is 5.42. The van der Waals surface area contributed by atoms with Crippen molar-refractivity contribution in [2.75, 3.05) is 45.9 Å². The molecule has 0 aromatic heterocycles. The molecular weight excluding hydrogens is 188 g/mol. The molecule has 3 nitrogen and oxygen atoms in total. The molecule has 0 radical (unpaired) electrons. The molecule has 3 heteroatoms. The van der Waals surface area contributed by atoms with Gasteiger partial charge in [-0.15, -0.1) is 0 Å². The summed E-state index contributed by atoms with van der Waals surface area (Å²) >= 11 is 0. The Hall–Kier alpha value is -0.380. The minimum atomic E-state index is 0.871. The normalized spacial score (nSPS) is 18.7. The van der Waals surface area contributed by atoms with Crippen molar-refractivity contribution < 1.29 is 4.74 Å². The Bertz CT molecular complexity index is 174. The van der Waals surface area contributed by atoms with Crippen LogP contribution in [0.4, 0.5) is 0 Å². The van der Waals surface area contributed by atoms with Gasteiger partial charge in [0.1, 0.15) is 0 Å². The van der Waals surface area contributed by atoms with Crippen molar-refractivity contribution in [2.45, 2.75) is 19.8 Å². The highest BCUT2D eigenvalue weighted by Gasteiger charge is 2.09. The lowest BCUT2D eigenvalue weighted by atomic mass is 10.2. The van der Waals surface area contributed by atoms with Crippen LogP contribution in [-0.4, -0.2) is 50.8 Å². The summed E-state index contributed by atoms with van der Waals surface area (Å²) in [5.41, 5.74) is 1.28. The van der Waals surface area contributed by atoms with Crippen molar-refractivity contribution in [3.05, 3.63) is 12.2 Å². The van der Waals surface area contributed by atoms with E-state index < -0.39 is 0 Å². The van der Waals surface area contributed by atoms with Crippen molar-refractivity contribution in [1.29, 1.82) is 0 Å². The Morgan fingerprint density at radius 3 is 3.07 bits per heavy atom. The molecule has 0 saturated carbocycles. The van der Waals surface area contributed by atoms with Gasteiger partial charge >= 0.3 is 0 Å². The predicted molar refractivity (Wildman–Crippen MR) is 64.2 cm³/mol. The number of ether oxygens (including phenoxy) is 1. The lowest BCUT2D eigenvalue weighted by Crippen LogP contribution is -2.31. The van der Waals surface area contributed by atoms with E-state index in [0.29, 0.717) is 0 Å². The van der Waals surface area contributed by atoms with E-state index in [1.54, 1.807) is 0 Å². The molecule has 0 amide bonds. The summed E-state index contributed by atoms with van der Waals surface area (Å²) in [6, 6.07) is 0. The van der Waals surface area contributed by atoms with Gasteiger partial charge in [-0.3, -0.25) is 4.90 Å². The van der Waals surface area contributed by atoms with Gasteiger partial charge in [0.25, 0.3) is 0 Å². The first-order chi connectivity index (χ1) is 7.33. The molecule has 0 aliphatic carbocycles. The maximum atomic E-state index is 5.42. The van der Waals surface area contributed by atoms with Gasteiger partial charge in [0.15, 0.2) is 0 Å². The van der Waals surface area contributed by atoms with Gasteiger partial charge in [-0.05, 0) is 25.0 Å². The van der Waals surface area contributed by atoms with E-state index in [2.05, 4.69) is 23.7 Å². The third-order valence-electron chi connectivity index (χ3n) is 2.56. The van der Waals surface area contributed by atoms with E-state index in [0.717, 1.165) is 52.4 Å². The zero-order valence-corrected chi connectivity index (χ0v) is 9.93. The van der Waals surface area contributed by atoms with Crippen LogP contribution in [-0.2, 0) is 4.74 Å². The average molecular weight is 212 g/mol. The zero-order chi connectivity index (χ0) is 10.9. The van der Waals surface area contributed by atoms with Crippen molar-refractivity contribution in [3.8, 4) is 0 Å². The molecule has 1 N–H and O–H groups in total. The van der Waals surface area contributed by atoms with Crippen LogP contribution in [0.5, 0.6) is 0 Å². The van der Waals surface area contributed by atoms with Crippen molar-refractivity contribution in [3.63, 3.8) is 0 Å². The molecule has 1 aliphatic heterocycles. The number of nitrogens with one attached hydrogen (secondary N) is 1. The van der Waals surface area contributed by atoms with Crippen molar-refractivity contribution in [1.82, 2.24) is 10.2 Å². The van der Waals surface area contributed by atoms with Crippen LogP contribution in [0.15, 0.2) is 12.2 Å². The zero-order valence-electron chi connectivity index (χ0n) is 9.93. The van der Waals surface area contributed by atoms with Gasteiger partial charge in [-0.1, -0.05) is 13.5 Å². The molecule has 1 saturated heterocycles. The van der Waals surface area contributed by atoms with E-state index in [1.165, 1.54) is 12.0 Å². The maximum Gasteiger partial charge on any atom is 0.0593 e. The summed E-state index contributed by atoms with van der Waals surface area (Å²) in [7, 11) is 0. The highest BCUT2D eigenvalue weighted by molar-refractivity contribution is 4.99. The second-order valence-corrected chi connectivity index (χ2v) is 4.17. The first kappa shape index (κ1) is 12.7. The molecule has 0 aromatic carbocycles. The van der Waals surface area contributed by atoms with E-state index in [1.807, 2.05) is 0 Å². The Morgan fingerprint density at radius 2 is 2.27 bits per heavy atom. The quantitative estimate of drug-likeness (QED) is 0.530. The maximum absolute atomic E-state index is 5.42. The van der Waals surface area contributed by atoms with Gasteiger partial charge in [-0.25, -0.2) is 0 Å². The van der Waals surface area contributed by atoms with Gasteiger partial charge < -0.3 is 10.1 Å². The van der Waals surface area contributed by atoms with E-state index in [-0.39, 0.29) is 0 Å². The number of hydrogen-bond donors (Lipinski definition) is 1. The highest BCUT2D eigenvalue weighted by atomic mass is 16.5. The van der Waals surface area contributed by atoms with E-state index >= 15 is 0 Å². The predicted octanol–water partition coefficient (Wildman–Crippen LogP) is 1.26. The molecular formula is C12H24N2O. The third kappa shape index (κ3) is 5.92. The second kappa shape index (κ2) is 7.85. The van der Waals surface area contributed by atoms with Gasteiger partial charge in [-0.2, -0.15) is 0 Å². The van der Waals surface area contributed by atoms with E-state index in [9.17, 15) is 0 Å². The summed E-state index contributed by atoms with van der Waals surface area (Å²) in [6.45, 7) is 13.3. The fourth-order valence-corrected chi connectivity index (χ4v) is 1.77. The molecule has 1 rings (SSSR count). The van der Waals surface area contributed by atoms with Crippen LogP contribution >= 0.6 is 0 Å².